The smallest absolute Gasteiger partial charge is 0.242 e. The lowest BCUT2D eigenvalue weighted by atomic mass is 10.2. The fraction of sp³-hybridized carbons (Fsp3) is 0.500. The van der Waals surface area contributed by atoms with E-state index in [1.807, 2.05) is 0 Å². The Balaban J connectivity index is 2.18. The normalized spacial score (nSPS) is 19.2. The fourth-order valence-corrected chi connectivity index (χ4v) is 3.87. The summed E-state index contributed by atoms with van der Waals surface area (Å²) in [6.07, 6.45) is 1.71. The van der Waals surface area contributed by atoms with Crippen molar-refractivity contribution in [2.45, 2.75) is 23.8 Å². The largest absolute Gasteiger partial charge is 0.495 e. The van der Waals surface area contributed by atoms with Gasteiger partial charge in [-0.25, -0.2) is 13.1 Å². The highest BCUT2D eigenvalue weighted by Gasteiger charge is 2.23. The van der Waals surface area contributed by atoms with Gasteiger partial charge in [0.05, 0.1) is 23.3 Å². The van der Waals surface area contributed by atoms with Crippen molar-refractivity contribution in [1.29, 1.82) is 0 Å². The van der Waals surface area contributed by atoms with Crippen LogP contribution in [0.3, 0.4) is 0 Å². The monoisotopic (exact) mass is 339 g/mol. The van der Waals surface area contributed by atoms with Crippen molar-refractivity contribution in [1.82, 2.24) is 4.72 Å². The summed E-state index contributed by atoms with van der Waals surface area (Å²) < 4.78 is 37.3. The molecule has 0 spiro atoms. The van der Waals surface area contributed by atoms with Crippen LogP contribution in [0.1, 0.15) is 12.8 Å². The summed E-state index contributed by atoms with van der Waals surface area (Å²) in [6, 6.07) is 2.66. The average molecular weight is 340 g/mol. The van der Waals surface area contributed by atoms with Crippen molar-refractivity contribution in [3.05, 3.63) is 22.2 Å². The van der Waals surface area contributed by atoms with Gasteiger partial charge < -0.3 is 9.47 Å². The first kappa shape index (κ1) is 15.9. The van der Waals surface area contributed by atoms with Crippen molar-refractivity contribution in [3.8, 4) is 5.75 Å². The third-order valence-corrected chi connectivity index (χ3v) is 5.20. The summed E-state index contributed by atoms with van der Waals surface area (Å²) in [6.45, 7) is 0.893. The van der Waals surface area contributed by atoms with Crippen molar-refractivity contribution in [3.63, 3.8) is 0 Å². The number of rotatable bonds is 5. The fourth-order valence-electron chi connectivity index (χ4n) is 1.96. The van der Waals surface area contributed by atoms with E-state index in [0.717, 1.165) is 12.8 Å². The summed E-state index contributed by atoms with van der Waals surface area (Å²) in [5.74, 6) is 0.328. The number of ether oxygens (including phenoxy) is 2. The van der Waals surface area contributed by atoms with Crippen molar-refractivity contribution in [2.24, 2.45) is 0 Å². The number of sulfonamides is 1. The predicted octanol–water partition coefficient (Wildman–Crippen LogP) is 2.46. The van der Waals surface area contributed by atoms with Gasteiger partial charge in [0.2, 0.25) is 10.0 Å². The van der Waals surface area contributed by atoms with Gasteiger partial charge in [-0.3, -0.25) is 0 Å². The van der Waals surface area contributed by atoms with Crippen molar-refractivity contribution in [2.75, 3.05) is 20.3 Å². The molecule has 0 unspecified atom stereocenters. The summed E-state index contributed by atoms with van der Waals surface area (Å²) in [5, 5.41) is 0.250. The molecule has 8 heteroatoms. The maximum absolute atomic E-state index is 12.2. The standard InChI is InChI=1S/C12H15Cl2NO4S/c1-18-11-5-10(14)12(6-9(11)13)20(16,17)15-7-8-3-2-4-19-8/h5-6,8,15H,2-4,7H2,1H3/t8-/m1/s1. The number of nitrogens with one attached hydrogen (secondary N) is 1. The Morgan fingerprint density at radius 3 is 2.75 bits per heavy atom. The third kappa shape index (κ3) is 3.56. The molecule has 5 nitrogen and oxygen atoms in total. The number of methoxy groups -OCH3 is 1. The van der Waals surface area contributed by atoms with E-state index in [1.165, 1.54) is 19.2 Å². The summed E-state index contributed by atoms with van der Waals surface area (Å²) in [4.78, 5) is -0.0667. The minimum Gasteiger partial charge on any atom is -0.495 e. The Morgan fingerprint density at radius 2 is 2.15 bits per heavy atom. The highest BCUT2D eigenvalue weighted by Crippen LogP contribution is 2.33. The van der Waals surface area contributed by atoms with Gasteiger partial charge in [0, 0.05) is 19.2 Å². The number of benzene rings is 1. The number of halogens is 2. The Hall–Kier alpha value is -0.530. The zero-order chi connectivity index (χ0) is 14.8. The molecule has 0 radical (unpaired) electrons. The lowest BCUT2D eigenvalue weighted by Crippen LogP contribution is -2.32. The zero-order valence-electron chi connectivity index (χ0n) is 10.9. The Kier molecular flexibility index (Phi) is 5.14. The van der Waals surface area contributed by atoms with Crippen LogP contribution in [0.2, 0.25) is 10.0 Å². The van der Waals surface area contributed by atoms with E-state index >= 15 is 0 Å². The van der Waals surface area contributed by atoms with E-state index in [9.17, 15) is 8.42 Å². The molecule has 1 N–H and O–H groups in total. The van der Waals surface area contributed by atoms with E-state index in [2.05, 4.69) is 4.72 Å². The molecule has 2 rings (SSSR count). The van der Waals surface area contributed by atoms with Crippen LogP contribution in [0.4, 0.5) is 0 Å². The van der Waals surface area contributed by atoms with Gasteiger partial charge in [-0.1, -0.05) is 23.2 Å². The van der Waals surface area contributed by atoms with Gasteiger partial charge in [-0.2, -0.15) is 0 Å². The summed E-state index contributed by atoms with van der Waals surface area (Å²) in [5.41, 5.74) is 0. The van der Waals surface area contributed by atoms with Crippen LogP contribution in [-0.2, 0) is 14.8 Å². The first-order chi connectivity index (χ1) is 9.44. The van der Waals surface area contributed by atoms with Crippen LogP contribution in [0.15, 0.2) is 17.0 Å². The zero-order valence-corrected chi connectivity index (χ0v) is 13.2. The molecule has 20 heavy (non-hydrogen) atoms. The summed E-state index contributed by atoms with van der Waals surface area (Å²) in [7, 11) is -2.30. The van der Waals surface area contributed by atoms with Crippen LogP contribution >= 0.6 is 23.2 Å². The van der Waals surface area contributed by atoms with E-state index in [-0.39, 0.29) is 27.6 Å². The van der Waals surface area contributed by atoms with Gasteiger partial charge in [-0.05, 0) is 18.9 Å². The molecule has 0 amide bonds. The van der Waals surface area contributed by atoms with Gasteiger partial charge in [0.1, 0.15) is 10.6 Å². The molecule has 1 saturated heterocycles. The van der Waals surface area contributed by atoms with E-state index in [4.69, 9.17) is 32.7 Å². The lowest BCUT2D eigenvalue weighted by Gasteiger charge is -2.13. The molecule has 0 aromatic heterocycles. The first-order valence-electron chi connectivity index (χ1n) is 6.08. The molecule has 112 valence electrons. The van der Waals surface area contributed by atoms with Crippen LogP contribution in [0.5, 0.6) is 5.75 Å². The quantitative estimate of drug-likeness (QED) is 0.894. The highest BCUT2D eigenvalue weighted by molar-refractivity contribution is 7.89. The Labute approximate surface area is 128 Å². The minimum atomic E-state index is -3.73. The molecule has 0 aliphatic carbocycles. The molecule has 0 saturated carbocycles. The highest BCUT2D eigenvalue weighted by atomic mass is 35.5. The molecule has 1 aromatic rings. The molecule has 1 fully saturated rings. The van der Waals surface area contributed by atoms with Crippen molar-refractivity contribution < 1.29 is 17.9 Å². The maximum Gasteiger partial charge on any atom is 0.242 e. The Morgan fingerprint density at radius 1 is 1.40 bits per heavy atom. The minimum absolute atomic E-state index is 0.0612. The summed E-state index contributed by atoms with van der Waals surface area (Å²) >= 11 is 11.9. The van der Waals surface area contributed by atoms with Crippen LogP contribution in [-0.4, -0.2) is 34.8 Å². The molecular weight excluding hydrogens is 325 g/mol. The number of hydrogen-bond acceptors (Lipinski definition) is 4. The second kappa shape index (κ2) is 6.49. The molecule has 1 aromatic carbocycles. The molecular formula is C12H15Cl2NO4S. The maximum atomic E-state index is 12.2. The Bertz CT molecular complexity index is 585. The van der Waals surface area contributed by atoms with Crippen LogP contribution in [0, 0.1) is 0 Å². The third-order valence-electron chi connectivity index (χ3n) is 3.02. The van der Waals surface area contributed by atoms with Gasteiger partial charge in [0.25, 0.3) is 0 Å². The van der Waals surface area contributed by atoms with E-state index in [1.54, 1.807) is 0 Å². The predicted molar refractivity (Wildman–Crippen MR) is 77.2 cm³/mol. The molecule has 1 aliphatic rings. The molecule has 1 aliphatic heterocycles. The van der Waals surface area contributed by atoms with E-state index in [0.29, 0.717) is 12.4 Å². The van der Waals surface area contributed by atoms with Crippen LogP contribution in [0.25, 0.3) is 0 Å². The molecule has 0 bridgehead atoms. The SMILES string of the molecule is COc1cc(Cl)c(S(=O)(=O)NC[C@H]2CCCO2)cc1Cl. The van der Waals surface area contributed by atoms with Gasteiger partial charge in [-0.15, -0.1) is 0 Å². The lowest BCUT2D eigenvalue weighted by molar-refractivity contribution is 0.114. The second-order valence-electron chi connectivity index (χ2n) is 4.40. The topological polar surface area (TPSA) is 64.6 Å². The molecule has 1 atom stereocenters. The number of hydrogen-bond donors (Lipinski definition) is 1. The first-order valence-corrected chi connectivity index (χ1v) is 8.32. The van der Waals surface area contributed by atoms with Gasteiger partial charge in [0.15, 0.2) is 0 Å². The van der Waals surface area contributed by atoms with Crippen molar-refractivity contribution >= 4 is 33.2 Å². The van der Waals surface area contributed by atoms with Gasteiger partial charge >= 0.3 is 0 Å². The van der Waals surface area contributed by atoms with E-state index < -0.39 is 10.0 Å². The van der Waals surface area contributed by atoms with Crippen LogP contribution < -0.4 is 9.46 Å². The second-order valence-corrected chi connectivity index (χ2v) is 6.95. The average Bonchev–Trinajstić information content (AvgIpc) is 2.92. The molecule has 1 heterocycles.